The molecule has 7 nitrogen and oxygen atoms in total. The lowest BCUT2D eigenvalue weighted by molar-refractivity contribution is 0.0415. The van der Waals surface area contributed by atoms with Gasteiger partial charge in [-0.1, -0.05) is 66.7 Å². The zero-order valence-electron chi connectivity index (χ0n) is 20.8. The minimum Gasteiger partial charge on any atom is -0.447 e. The van der Waals surface area contributed by atoms with E-state index >= 15 is 0 Å². The molecule has 2 atom stereocenters. The molecule has 0 unspecified atom stereocenters. The first-order valence-electron chi connectivity index (χ1n) is 12.5. The van der Waals surface area contributed by atoms with Crippen LogP contribution >= 0.6 is 0 Å². The Morgan fingerprint density at radius 2 is 1.72 bits per heavy atom. The van der Waals surface area contributed by atoms with Gasteiger partial charge in [-0.3, -0.25) is 4.98 Å². The maximum absolute atomic E-state index is 13.0. The van der Waals surface area contributed by atoms with Crippen LogP contribution in [0.4, 0.5) is 9.59 Å². The lowest BCUT2D eigenvalue weighted by atomic mass is 9.92. The second-order valence-electron chi connectivity index (χ2n) is 9.23. The van der Waals surface area contributed by atoms with Crippen LogP contribution in [-0.4, -0.2) is 46.8 Å². The van der Waals surface area contributed by atoms with Crippen LogP contribution in [0.5, 0.6) is 0 Å². The zero-order chi connectivity index (χ0) is 25.3. The molecule has 2 aromatic carbocycles. The minimum absolute atomic E-state index is 0.184. The molecule has 1 aliphatic rings. The van der Waals surface area contributed by atoms with Crippen LogP contribution in [0.1, 0.15) is 37.9 Å². The number of amides is 2. The molecule has 1 aromatic heterocycles. The maximum atomic E-state index is 13.0. The van der Waals surface area contributed by atoms with Crippen LogP contribution < -0.4 is 5.32 Å². The van der Waals surface area contributed by atoms with E-state index in [4.69, 9.17) is 14.5 Å². The van der Waals surface area contributed by atoms with Crippen molar-refractivity contribution >= 4 is 12.2 Å². The highest BCUT2D eigenvalue weighted by molar-refractivity contribution is 5.70. The Morgan fingerprint density at radius 3 is 2.44 bits per heavy atom. The molecule has 3 aromatic rings. The second kappa shape index (κ2) is 12.2. The summed E-state index contributed by atoms with van der Waals surface area (Å²) < 4.78 is 11.0. The molecule has 1 fully saturated rings. The Bertz CT molecular complexity index is 1140. The van der Waals surface area contributed by atoms with Crippen molar-refractivity contribution in [3.8, 4) is 11.3 Å². The number of carbonyl (C=O) groups is 2. The summed E-state index contributed by atoms with van der Waals surface area (Å²) >= 11 is 0. The summed E-state index contributed by atoms with van der Waals surface area (Å²) in [5.74, 6) is 0. The number of nitrogens with one attached hydrogen (secondary N) is 1. The van der Waals surface area contributed by atoms with Crippen LogP contribution in [0.15, 0.2) is 78.9 Å². The fourth-order valence-corrected chi connectivity index (χ4v) is 4.47. The molecule has 0 radical (unpaired) electrons. The van der Waals surface area contributed by atoms with Gasteiger partial charge in [0.1, 0.15) is 6.61 Å². The van der Waals surface area contributed by atoms with E-state index in [0.29, 0.717) is 13.0 Å². The van der Waals surface area contributed by atoms with Crippen molar-refractivity contribution in [2.75, 3.05) is 6.54 Å². The number of carbonyl (C=O) groups excluding carboxylic acids is 2. The monoisotopic (exact) mass is 487 g/mol. The maximum Gasteiger partial charge on any atom is 0.410 e. The Kier molecular flexibility index (Phi) is 8.55. The first-order valence-corrected chi connectivity index (χ1v) is 12.5. The topological polar surface area (TPSA) is 80.8 Å². The lowest BCUT2D eigenvalue weighted by Crippen LogP contribution is -2.58. The van der Waals surface area contributed by atoms with Crippen molar-refractivity contribution in [1.82, 2.24) is 15.2 Å². The molecule has 2 heterocycles. The van der Waals surface area contributed by atoms with E-state index in [0.717, 1.165) is 35.4 Å². The van der Waals surface area contributed by atoms with Crippen molar-refractivity contribution in [2.24, 2.45) is 0 Å². The fraction of sp³-hybridized carbons (Fsp3) is 0.345. The van der Waals surface area contributed by atoms with E-state index in [9.17, 15) is 9.59 Å². The van der Waals surface area contributed by atoms with Gasteiger partial charge in [0.05, 0.1) is 23.9 Å². The molecule has 0 saturated carbocycles. The molecule has 2 amide bonds. The third-order valence-corrected chi connectivity index (χ3v) is 6.16. The van der Waals surface area contributed by atoms with Gasteiger partial charge in [-0.2, -0.15) is 0 Å². The van der Waals surface area contributed by atoms with E-state index in [2.05, 4.69) is 5.32 Å². The summed E-state index contributed by atoms with van der Waals surface area (Å²) in [7, 11) is 0. The van der Waals surface area contributed by atoms with Crippen LogP contribution in [0, 0.1) is 0 Å². The number of aromatic nitrogens is 1. The van der Waals surface area contributed by atoms with Crippen LogP contribution in [0.3, 0.4) is 0 Å². The third-order valence-electron chi connectivity index (χ3n) is 6.16. The standard InChI is InChI=1S/C29H33N3O4/c1-21(2)36-29(34)32-18-10-17-26(31-28(33)35-20-22-11-5-3-6-12-22)27(32)19-24-15-9-16-25(30-24)23-13-7-4-8-14-23/h3-9,11-16,21,26-27H,10,17-20H2,1-2H3,(H,31,33)/t26-,27-/m0/s1. The SMILES string of the molecule is CC(C)OC(=O)N1CCC[C@H](NC(=O)OCc2ccccc2)[C@@H]1Cc1cccc(-c2ccccc2)n1. The molecule has 1 N–H and O–H groups in total. The number of rotatable bonds is 7. The Hall–Kier alpha value is -3.87. The van der Waals surface area contributed by atoms with Gasteiger partial charge >= 0.3 is 12.2 Å². The van der Waals surface area contributed by atoms with Crippen molar-refractivity contribution in [3.05, 3.63) is 90.1 Å². The van der Waals surface area contributed by atoms with E-state index in [1.807, 2.05) is 92.7 Å². The number of piperidine rings is 1. The first kappa shape index (κ1) is 25.2. The first-order chi connectivity index (χ1) is 17.5. The summed E-state index contributed by atoms with van der Waals surface area (Å²) in [6.07, 6.45) is 0.858. The van der Waals surface area contributed by atoms with Crippen molar-refractivity contribution < 1.29 is 19.1 Å². The van der Waals surface area contributed by atoms with Crippen molar-refractivity contribution in [3.63, 3.8) is 0 Å². The predicted molar refractivity (Wildman–Crippen MR) is 138 cm³/mol. The summed E-state index contributed by atoms with van der Waals surface area (Å²) in [5.41, 5.74) is 3.65. The van der Waals surface area contributed by atoms with Crippen molar-refractivity contribution in [1.29, 1.82) is 0 Å². The third kappa shape index (κ3) is 6.84. The molecule has 7 heteroatoms. The van der Waals surface area contributed by atoms with Crippen LogP contribution in [0.2, 0.25) is 0 Å². The van der Waals surface area contributed by atoms with Crippen molar-refractivity contribution in [2.45, 2.75) is 57.9 Å². The van der Waals surface area contributed by atoms with Gasteiger partial charge in [0.2, 0.25) is 0 Å². The van der Waals surface area contributed by atoms with Gasteiger partial charge in [0.25, 0.3) is 0 Å². The van der Waals surface area contributed by atoms with E-state index in [1.165, 1.54) is 0 Å². The number of pyridine rings is 1. The molecule has 4 rings (SSSR count). The molecule has 36 heavy (non-hydrogen) atoms. The number of hydrogen-bond donors (Lipinski definition) is 1. The molecular formula is C29H33N3O4. The van der Waals surface area contributed by atoms with E-state index < -0.39 is 6.09 Å². The van der Waals surface area contributed by atoms with Gasteiger partial charge < -0.3 is 19.7 Å². The molecule has 188 valence electrons. The van der Waals surface area contributed by atoms with Gasteiger partial charge in [0, 0.05) is 24.2 Å². The number of likely N-dealkylation sites (tertiary alicyclic amines) is 1. The molecule has 0 aliphatic carbocycles. The largest absolute Gasteiger partial charge is 0.447 e. The predicted octanol–water partition coefficient (Wildman–Crippen LogP) is 5.60. The molecule has 1 saturated heterocycles. The van der Waals surface area contributed by atoms with E-state index in [-0.39, 0.29) is 30.9 Å². The van der Waals surface area contributed by atoms with Gasteiger partial charge in [-0.05, 0) is 44.4 Å². The number of ether oxygens (including phenoxy) is 2. The quantitative estimate of drug-likeness (QED) is 0.470. The summed E-state index contributed by atoms with van der Waals surface area (Å²) in [4.78, 5) is 32.3. The molecule has 1 aliphatic heterocycles. The highest BCUT2D eigenvalue weighted by atomic mass is 16.6. The van der Waals surface area contributed by atoms with Crippen LogP contribution in [0.25, 0.3) is 11.3 Å². The lowest BCUT2D eigenvalue weighted by Gasteiger charge is -2.41. The molecule has 0 spiro atoms. The van der Waals surface area contributed by atoms with Gasteiger partial charge in [0.15, 0.2) is 0 Å². The summed E-state index contributed by atoms with van der Waals surface area (Å²) in [5, 5.41) is 3.01. The fourth-order valence-electron chi connectivity index (χ4n) is 4.47. The van der Waals surface area contributed by atoms with Gasteiger partial charge in [-0.25, -0.2) is 9.59 Å². The second-order valence-corrected chi connectivity index (χ2v) is 9.23. The Labute approximate surface area is 212 Å². The average Bonchev–Trinajstić information content (AvgIpc) is 2.89. The molecule has 0 bridgehead atoms. The zero-order valence-corrected chi connectivity index (χ0v) is 20.8. The highest BCUT2D eigenvalue weighted by Crippen LogP contribution is 2.24. The Balaban J connectivity index is 1.51. The number of nitrogens with zero attached hydrogens (tertiary/aromatic N) is 2. The number of benzene rings is 2. The average molecular weight is 488 g/mol. The number of alkyl carbamates (subject to hydrolysis) is 1. The summed E-state index contributed by atoms with van der Waals surface area (Å²) in [6, 6.07) is 24.8. The normalized spacial score (nSPS) is 17.5. The van der Waals surface area contributed by atoms with E-state index in [1.54, 1.807) is 4.90 Å². The number of hydrogen-bond acceptors (Lipinski definition) is 5. The smallest absolute Gasteiger partial charge is 0.410 e. The minimum atomic E-state index is -0.501. The highest BCUT2D eigenvalue weighted by Gasteiger charge is 2.37. The summed E-state index contributed by atoms with van der Waals surface area (Å²) in [6.45, 7) is 4.41. The van der Waals surface area contributed by atoms with Crippen LogP contribution in [-0.2, 0) is 22.5 Å². The molecular weight excluding hydrogens is 454 g/mol. The van der Waals surface area contributed by atoms with Gasteiger partial charge in [-0.15, -0.1) is 0 Å². The Morgan fingerprint density at radius 1 is 1.00 bits per heavy atom.